The maximum atomic E-state index is 10.7. The van der Waals surface area contributed by atoms with Crippen molar-refractivity contribution in [3.63, 3.8) is 0 Å². The molecule has 0 saturated carbocycles. The first-order chi connectivity index (χ1) is 9.70. The Morgan fingerprint density at radius 2 is 1.20 bits per heavy atom. The van der Waals surface area contributed by atoms with Crippen LogP contribution in [0.2, 0.25) is 0 Å². The molecule has 3 aliphatic carbocycles. The summed E-state index contributed by atoms with van der Waals surface area (Å²) in [4.78, 5) is 0.0762. The number of halogens is 1. The molecule has 2 heteroatoms. The zero-order valence-corrected chi connectivity index (χ0v) is 12.9. The molecule has 1 N–H and O–H groups in total. The van der Waals surface area contributed by atoms with Crippen LogP contribution in [-0.4, -0.2) is 16.0 Å². The quantitative estimate of drug-likeness (QED) is 0.724. The van der Waals surface area contributed by atoms with Crippen molar-refractivity contribution in [1.82, 2.24) is 0 Å². The van der Waals surface area contributed by atoms with Gasteiger partial charge in [-0.1, -0.05) is 71.4 Å². The fourth-order valence-corrected chi connectivity index (χ4v) is 5.13. The average Bonchev–Trinajstić information content (AvgIpc) is 2.62. The summed E-state index contributed by atoms with van der Waals surface area (Å²) in [7, 11) is 0. The topological polar surface area (TPSA) is 20.2 Å². The second-order valence-corrected chi connectivity index (χ2v) is 7.06. The van der Waals surface area contributed by atoms with Gasteiger partial charge < -0.3 is 5.11 Å². The van der Waals surface area contributed by atoms with Crippen molar-refractivity contribution in [1.29, 1.82) is 0 Å². The van der Waals surface area contributed by atoms with Crippen molar-refractivity contribution in [2.45, 2.75) is 29.7 Å². The van der Waals surface area contributed by atoms with Crippen molar-refractivity contribution in [2.24, 2.45) is 5.92 Å². The second-order valence-electron chi connectivity index (χ2n) is 6.01. The van der Waals surface area contributed by atoms with Gasteiger partial charge in [-0.2, -0.15) is 0 Å². The van der Waals surface area contributed by atoms with E-state index < -0.39 is 0 Å². The Hall–Kier alpha value is -1.12. The largest absolute Gasteiger partial charge is 0.392 e. The van der Waals surface area contributed by atoms with Crippen molar-refractivity contribution in [3.8, 4) is 0 Å². The summed E-state index contributed by atoms with van der Waals surface area (Å²) < 4.78 is 0. The Kier molecular flexibility index (Phi) is 2.80. The molecule has 0 fully saturated rings. The van der Waals surface area contributed by atoms with Crippen LogP contribution in [0.15, 0.2) is 48.5 Å². The number of aliphatic hydroxyl groups excluding tert-OH is 1. The highest BCUT2D eigenvalue weighted by Crippen LogP contribution is 2.54. The SMILES string of the molecule is CC1C2c3ccccc3C(c3ccccc32)C(Br)C1O. The summed E-state index contributed by atoms with van der Waals surface area (Å²) in [6.45, 7) is 2.17. The summed E-state index contributed by atoms with van der Waals surface area (Å²) in [6, 6.07) is 17.4. The van der Waals surface area contributed by atoms with E-state index in [4.69, 9.17) is 0 Å². The highest BCUT2D eigenvalue weighted by Gasteiger charge is 2.46. The van der Waals surface area contributed by atoms with Crippen LogP contribution in [0.3, 0.4) is 0 Å². The van der Waals surface area contributed by atoms with Crippen LogP contribution in [-0.2, 0) is 0 Å². The molecule has 0 aliphatic heterocycles. The van der Waals surface area contributed by atoms with Gasteiger partial charge in [-0.25, -0.2) is 0 Å². The van der Waals surface area contributed by atoms with Gasteiger partial charge in [0.15, 0.2) is 0 Å². The van der Waals surface area contributed by atoms with E-state index in [0.29, 0.717) is 5.92 Å². The average molecular weight is 329 g/mol. The Labute approximate surface area is 127 Å². The van der Waals surface area contributed by atoms with E-state index in [9.17, 15) is 5.11 Å². The first-order valence-electron chi connectivity index (χ1n) is 7.20. The number of fused-ring (bicyclic) bond motifs is 2. The third-order valence-corrected chi connectivity index (χ3v) is 6.11. The fourth-order valence-electron chi connectivity index (χ4n) is 4.08. The van der Waals surface area contributed by atoms with Crippen LogP contribution < -0.4 is 0 Å². The van der Waals surface area contributed by atoms with Gasteiger partial charge in [-0.05, 0) is 28.2 Å². The molecule has 2 aromatic rings. The van der Waals surface area contributed by atoms with Gasteiger partial charge in [0.1, 0.15) is 0 Å². The molecule has 3 aliphatic rings. The molecule has 102 valence electrons. The Balaban J connectivity index is 2.07. The third-order valence-electron chi connectivity index (χ3n) is 5.04. The predicted octanol–water partition coefficient (Wildman–Crippen LogP) is 4.04. The smallest absolute Gasteiger partial charge is 0.0708 e. The Bertz CT molecular complexity index is 562. The predicted molar refractivity (Wildman–Crippen MR) is 84.5 cm³/mol. The molecule has 0 radical (unpaired) electrons. The number of hydrogen-bond donors (Lipinski definition) is 1. The van der Waals surface area contributed by atoms with Crippen LogP contribution in [0, 0.1) is 5.92 Å². The molecule has 0 aromatic heterocycles. The summed E-state index contributed by atoms with van der Waals surface area (Å²) in [5.74, 6) is 0.768. The van der Waals surface area contributed by atoms with Crippen molar-refractivity contribution in [3.05, 3.63) is 70.8 Å². The van der Waals surface area contributed by atoms with Crippen LogP contribution >= 0.6 is 15.9 Å². The van der Waals surface area contributed by atoms with Crippen LogP contribution in [0.5, 0.6) is 0 Å². The first-order valence-corrected chi connectivity index (χ1v) is 8.11. The minimum absolute atomic E-state index is 0.0762. The van der Waals surface area contributed by atoms with E-state index in [0.717, 1.165) is 0 Å². The van der Waals surface area contributed by atoms with Gasteiger partial charge in [-0.3, -0.25) is 0 Å². The highest BCUT2D eigenvalue weighted by atomic mass is 79.9. The van der Waals surface area contributed by atoms with Gasteiger partial charge >= 0.3 is 0 Å². The molecule has 0 amide bonds. The number of benzene rings is 2. The molecule has 1 nitrogen and oxygen atoms in total. The maximum absolute atomic E-state index is 10.7. The van der Waals surface area contributed by atoms with E-state index >= 15 is 0 Å². The van der Waals surface area contributed by atoms with E-state index in [1.54, 1.807) is 0 Å². The molecule has 5 rings (SSSR count). The summed E-state index contributed by atoms with van der Waals surface area (Å²) in [6.07, 6.45) is -0.329. The third kappa shape index (κ3) is 1.52. The van der Waals surface area contributed by atoms with Gasteiger partial charge in [0, 0.05) is 11.8 Å². The zero-order chi connectivity index (χ0) is 13.9. The van der Waals surface area contributed by atoms with E-state index in [1.165, 1.54) is 22.3 Å². The monoisotopic (exact) mass is 328 g/mol. The van der Waals surface area contributed by atoms with E-state index in [-0.39, 0.29) is 22.8 Å². The second kappa shape index (κ2) is 4.44. The summed E-state index contributed by atoms with van der Waals surface area (Å²) >= 11 is 3.79. The van der Waals surface area contributed by atoms with Gasteiger partial charge in [0.25, 0.3) is 0 Å². The van der Waals surface area contributed by atoms with E-state index in [2.05, 4.69) is 71.4 Å². The molecule has 0 saturated heterocycles. The fraction of sp³-hybridized carbons (Fsp3) is 0.333. The minimum Gasteiger partial charge on any atom is -0.392 e. The molecule has 2 aromatic carbocycles. The molecule has 20 heavy (non-hydrogen) atoms. The van der Waals surface area contributed by atoms with E-state index in [1.807, 2.05) is 0 Å². The van der Waals surface area contributed by atoms with Crippen LogP contribution in [0.25, 0.3) is 0 Å². The maximum Gasteiger partial charge on any atom is 0.0708 e. The Morgan fingerprint density at radius 3 is 1.65 bits per heavy atom. The number of hydrogen-bond acceptors (Lipinski definition) is 1. The van der Waals surface area contributed by atoms with Crippen molar-refractivity contribution >= 4 is 15.9 Å². The van der Waals surface area contributed by atoms with Crippen LogP contribution in [0.1, 0.15) is 41.0 Å². The number of alkyl halides is 1. The normalized spacial score (nSPS) is 34.2. The molecule has 0 spiro atoms. The molecular weight excluding hydrogens is 312 g/mol. The lowest BCUT2D eigenvalue weighted by molar-refractivity contribution is 0.111. The highest BCUT2D eigenvalue weighted by molar-refractivity contribution is 9.09. The molecule has 3 atom stereocenters. The van der Waals surface area contributed by atoms with Gasteiger partial charge in [0.2, 0.25) is 0 Å². The lowest BCUT2D eigenvalue weighted by Crippen LogP contribution is -2.30. The standard InChI is InChI=1S/C18H17BrO/c1-10-15-11-6-2-4-8-13(11)16(17(19)18(10)20)14-9-5-3-7-12(14)15/h2-10,15-18,20H,1H3. The Morgan fingerprint density at radius 1 is 0.800 bits per heavy atom. The van der Waals surface area contributed by atoms with Crippen molar-refractivity contribution < 1.29 is 5.11 Å². The summed E-state index contributed by atoms with van der Waals surface area (Å²) in [5, 5.41) is 10.7. The molecule has 3 unspecified atom stereocenters. The molecular formula is C18H17BrO. The molecule has 2 bridgehead atoms. The summed E-state index contributed by atoms with van der Waals surface area (Å²) in [5.41, 5.74) is 5.54. The van der Waals surface area contributed by atoms with Gasteiger partial charge in [-0.15, -0.1) is 0 Å². The lowest BCUT2D eigenvalue weighted by Gasteiger charge is -2.32. The van der Waals surface area contributed by atoms with Crippen molar-refractivity contribution in [2.75, 3.05) is 0 Å². The minimum atomic E-state index is -0.329. The number of rotatable bonds is 0. The van der Waals surface area contributed by atoms with Crippen LogP contribution in [0.4, 0.5) is 0 Å². The van der Waals surface area contributed by atoms with Gasteiger partial charge in [0.05, 0.1) is 10.9 Å². The number of aliphatic hydroxyl groups is 1. The molecule has 0 heterocycles. The first kappa shape index (κ1) is 12.6. The zero-order valence-electron chi connectivity index (χ0n) is 11.3. The lowest BCUT2D eigenvalue weighted by atomic mass is 9.72.